The molecule has 1 aliphatic carbocycles. The van der Waals surface area contributed by atoms with E-state index in [9.17, 15) is 4.79 Å². The minimum atomic E-state index is -0.0670. The smallest absolute Gasteiger partial charge is 0.253 e. The third-order valence-electron chi connectivity index (χ3n) is 3.73. The lowest BCUT2D eigenvalue weighted by Crippen LogP contribution is -2.47. The van der Waals surface area contributed by atoms with Crippen molar-refractivity contribution in [1.82, 2.24) is 10.3 Å². The number of carbonyl (C=O) groups is 1. The van der Waals surface area contributed by atoms with Gasteiger partial charge in [0.25, 0.3) is 5.91 Å². The monoisotopic (exact) mass is 276 g/mol. The molecule has 1 amide bonds. The molecule has 4 nitrogen and oxygen atoms in total. The molecule has 1 N–H and O–H groups in total. The molecule has 4 heteroatoms. The quantitative estimate of drug-likeness (QED) is 0.917. The summed E-state index contributed by atoms with van der Waals surface area (Å²) in [5.74, 6) is 0.512. The molecule has 1 aliphatic rings. The van der Waals surface area contributed by atoms with Gasteiger partial charge in [0.2, 0.25) is 5.88 Å². The van der Waals surface area contributed by atoms with Crippen molar-refractivity contribution >= 4 is 5.91 Å². The van der Waals surface area contributed by atoms with E-state index in [2.05, 4.69) is 17.2 Å². The van der Waals surface area contributed by atoms with Gasteiger partial charge in [-0.1, -0.05) is 19.3 Å². The number of nitrogens with zero attached hydrogens (tertiary/aromatic N) is 1. The normalized spacial score (nSPS) is 17.8. The fraction of sp³-hybridized carbons (Fsp3) is 0.625. The number of carbonyl (C=O) groups excluding carboxylic acids is 1. The molecule has 110 valence electrons. The Morgan fingerprint density at radius 3 is 2.55 bits per heavy atom. The van der Waals surface area contributed by atoms with Crippen LogP contribution in [0.25, 0.3) is 0 Å². The van der Waals surface area contributed by atoms with Crippen LogP contribution in [0.5, 0.6) is 5.88 Å². The molecule has 0 unspecified atom stereocenters. The van der Waals surface area contributed by atoms with Crippen molar-refractivity contribution in [2.45, 2.75) is 64.5 Å². The Morgan fingerprint density at radius 1 is 1.30 bits per heavy atom. The summed E-state index contributed by atoms with van der Waals surface area (Å²) in [6.45, 7) is 6.03. The molecular formula is C16H24N2O2. The second kappa shape index (κ2) is 6.25. The SMILES string of the molecule is CC(C)Oc1ccc(C(=O)NC2(C)CCCCC2)cn1. The Hall–Kier alpha value is -1.58. The fourth-order valence-corrected chi connectivity index (χ4v) is 2.63. The third-order valence-corrected chi connectivity index (χ3v) is 3.73. The maximum Gasteiger partial charge on any atom is 0.253 e. The molecule has 0 saturated heterocycles. The summed E-state index contributed by atoms with van der Waals surface area (Å²) in [6.07, 6.45) is 7.43. The third kappa shape index (κ3) is 3.95. The van der Waals surface area contributed by atoms with Gasteiger partial charge in [-0.15, -0.1) is 0 Å². The average Bonchev–Trinajstić information content (AvgIpc) is 2.39. The van der Waals surface area contributed by atoms with E-state index in [1.165, 1.54) is 19.3 Å². The highest BCUT2D eigenvalue weighted by Crippen LogP contribution is 2.27. The van der Waals surface area contributed by atoms with Gasteiger partial charge in [-0.25, -0.2) is 4.98 Å². The van der Waals surface area contributed by atoms with Crippen molar-refractivity contribution in [3.63, 3.8) is 0 Å². The molecule has 20 heavy (non-hydrogen) atoms. The minimum absolute atomic E-state index is 0.0435. The van der Waals surface area contributed by atoms with Crippen LogP contribution in [0.2, 0.25) is 0 Å². The number of nitrogens with one attached hydrogen (secondary N) is 1. The zero-order chi connectivity index (χ0) is 14.6. The first-order valence-corrected chi connectivity index (χ1v) is 7.44. The largest absolute Gasteiger partial charge is 0.475 e. The van der Waals surface area contributed by atoms with Crippen LogP contribution in [0.4, 0.5) is 0 Å². The summed E-state index contributed by atoms with van der Waals surface area (Å²) in [5, 5.41) is 3.15. The number of rotatable bonds is 4. The lowest BCUT2D eigenvalue weighted by molar-refractivity contribution is 0.0882. The van der Waals surface area contributed by atoms with Crippen LogP contribution < -0.4 is 10.1 Å². The number of ether oxygens (including phenoxy) is 1. The zero-order valence-electron chi connectivity index (χ0n) is 12.6. The van der Waals surface area contributed by atoms with Gasteiger partial charge in [-0.3, -0.25) is 4.79 Å². The van der Waals surface area contributed by atoms with Crippen LogP contribution in [0.1, 0.15) is 63.2 Å². The summed E-state index contributed by atoms with van der Waals surface area (Å²) >= 11 is 0. The summed E-state index contributed by atoms with van der Waals surface area (Å²) < 4.78 is 5.48. The van der Waals surface area contributed by atoms with Gasteiger partial charge in [-0.05, 0) is 39.7 Å². The van der Waals surface area contributed by atoms with Crippen molar-refractivity contribution in [3.05, 3.63) is 23.9 Å². The van der Waals surface area contributed by atoms with Gasteiger partial charge in [0.05, 0.1) is 11.7 Å². The van der Waals surface area contributed by atoms with Crippen LogP contribution >= 0.6 is 0 Å². The Kier molecular flexibility index (Phi) is 4.63. The lowest BCUT2D eigenvalue weighted by atomic mass is 9.83. The van der Waals surface area contributed by atoms with Crippen LogP contribution in [0.3, 0.4) is 0 Å². The number of aromatic nitrogens is 1. The van der Waals surface area contributed by atoms with Crippen LogP contribution in [0, 0.1) is 0 Å². The first-order valence-electron chi connectivity index (χ1n) is 7.44. The van der Waals surface area contributed by atoms with Crippen molar-refractivity contribution < 1.29 is 9.53 Å². The van der Waals surface area contributed by atoms with E-state index in [0.717, 1.165) is 12.8 Å². The summed E-state index contributed by atoms with van der Waals surface area (Å²) in [6, 6.07) is 3.52. The van der Waals surface area contributed by atoms with E-state index >= 15 is 0 Å². The number of amides is 1. The predicted molar refractivity (Wildman–Crippen MR) is 79.0 cm³/mol. The van der Waals surface area contributed by atoms with Crippen molar-refractivity contribution in [1.29, 1.82) is 0 Å². The minimum Gasteiger partial charge on any atom is -0.475 e. The van der Waals surface area contributed by atoms with Gasteiger partial charge in [0.1, 0.15) is 0 Å². The predicted octanol–water partition coefficient (Wildman–Crippen LogP) is 3.32. The highest BCUT2D eigenvalue weighted by Gasteiger charge is 2.28. The molecule has 0 bridgehead atoms. The maximum atomic E-state index is 12.3. The Bertz CT molecular complexity index is 448. The van der Waals surface area contributed by atoms with E-state index in [4.69, 9.17) is 4.74 Å². The molecule has 0 atom stereocenters. The van der Waals surface area contributed by atoms with E-state index in [0.29, 0.717) is 11.4 Å². The second-order valence-electron chi connectivity index (χ2n) is 6.13. The van der Waals surface area contributed by atoms with Crippen LogP contribution in [0.15, 0.2) is 18.3 Å². The molecule has 1 heterocycles. The average molecular weight is 276 g/mol. The van der Waals surface area contributed by atoms with E-state index in [1.54, 1.807) is 18.3 Å². The van der Waals surface area contributed by atoms with Gasteiger partial charge in [0.15, 0.2) is 0 Å². The molecule has 0 radical (unpaired) electrons. The van der Waals surface area contributed by atoms with Crippen molar-refractivity contribution in [2.24, 2.45) is 0 Å². The Balaban J connectivity index is 1.98. The second-order valence-corrected chi connectivity index (χ2v) is 6.13. The molecular weight excluding hydrogens is 252 g/mol. The highest BCUT2D eigenvalue weighted by atomic mass is 16.5. The first kappa shape index (κ1) is 14.8. The molecule has 1 aromatic rings. The zero-order valence-corrected chi connectivity index (χ0v) is 12.6. The standard InChI is InChI=1S/C16H24N2O2/c1-12(2)20-14-8-7-13(11-17-14)15(19)18-16(3)9-5-4-6-10-16/h7-8,11-12H,4-6,9-10H2,1-3H3,(H,18,19). The van der Waals surface area contributed by atoms with Crippen molar-refractivity contribution in [3.8, 4) is 5.88 Å². The number of pyridine rings is 1. The Morgan fingerprint density at radius 2 is 2.00 bits per heavy atom. The molecule has 0 aliphatic heterocycles. The fourth-order valence-electron chi connectivity index (χ4n) is 2.63. The van der Waals surface area contributed by atoms with Gasteiger partial charge < -0.3 is 10.1 Å². The lowest BCUT2D eigenvalue weighted by Gasteiger charge is -2.34. The Labute approximate surface area is 120 Å². The summed E-state index contributed by atoms with van der Waals surface area (Å²) in [4.78, 5) is 16.4. The first-order chi connectivity index (χ1) is 9.48. The molecule has 0 spiro atoms. The number of hydrogen-bond donors (Lipinski definition) is 1. The number of hydrogen-bond acceptors (Lipinski definition) is 3. The van der Waals surface area contributed by atoms with E-state index in [1.807, 2.05) is 13.8 Å². The van der Waals surface area contributed by atoms with Crippen molar-refractivity contribution in [2.75, 3.05) is 0 Å². The topological polar surface area (TPSA) is 51.2 Å². The van der Waals surface area contributed by atoms with Crippen LogP contribution in [-0.4, -0.2) is 22.5 Å². The van der Waals surface area contributed by atoms with Crippen LogP contribution in [-0.2, 0) is 0 Å². The van der Waals surface area contributed by atoms with E-state index < -0.39 is 0 Å². The van der Waals surface area contributed by atoms with E-state index in [-0.39, 0.29) is 17.6 Å². The molecule has 0 aromatic carbocycles. The maximum absolute atomic E-state index is 12.3. The highest BCUT2D eigenvalue weighted by molar-refractivity contribution is 5.94. The summed E-state index contributed by atoms with van der Waals surface area (Å²) in [5.41, 5.74) is 0.524. The molecule has 2 rings (SSSR count). The summed E-state index contributed by atoms with van der Waals surface area (Å²) in [7, 11) is 0. The van der Waals surface area contributed by atoms with Gasteiger partial charge >= 0.3 is 0 Å². The van der Waals surface area contributed by atoms with Gasteiger partial charge in [-0.2, -0.15) is 0 Å². The van der Waals surface area contributed by atoms with Gasteiger partial charge in [0, 0.05) is 17.8 Å². The molecule has 1 fully saturated rings. The molecule has 1 saturated carbocycles. The molecule has 1 aromatic heterocycles.